The third-order valence-corrected chi connectivity index (χ3v) is 2.85. The van der Waals surface area contributed by atoms with Gasteiger partial charge in [-0.25, -0.2) is 4.39 Å². The van der Waals surface area contributed by atoms with Crippen LogP contribution >= 0.6 is 0 Å². The minimum absolute atomic E-state index is 0.259. The Balaban J connectivity index is 2.04. The molecule has 4 heteroatoms. The molecule has 0 saturated carbocycles. The summed E-state index contributed by atoms with van der Waals surface area (Å²) in [4.78, 5) is 1.98. The monoisotopic (exact) mass is 224 g/mol. The molecule has 1 unspecified atom stereocenters. The molecule has 2 rings (SSSR count). The number of ether oxygens (including phenoxy) is 1. The normalized spacial score (nSPS) is 20.0. The van der Waals surface area contributed by atoms with Crippen LogP contribution in [-0.4, -0.2) is 26.3 Å². The molecule has 1 aliphatic rings. The van der Waals surface area contributed by atoms with E-state index < -0.39 is 0 Å². The van der Waals surface area contributed by atoms with Crippen molar-refractivity contribution in [2.45, 2.75) is 18.9 Å². The molecule has 3 nitrogen and oxygen atoms in total. The predicted octanol–water partition coefficient (Wildman–Crippen LogP) is 2.02. The Morgan fingerprint density at radius 3 is 2.94 bits per heavy atom. The number of anilines is 2. The van der Waals surface area contributed by atoms with Gasteiger partial charge in [0.1, 0.15) is 5.82 Å². The van der Waals surface area contributed by atoms with Crippen molar-refractivity contribution in [3.63, 3.8) is 0 Å². The zero-order valence-electron chi connectivity index (χ0n) is 9.45. The van der Waals surface area contributed by atoms with Gasteiger partial charge in [0.15, 0.2) is 0 Å². The van der Waals surface area contributed by atoms with E-state index in [9.17, 15) is 4.39 Å². The highest BCUT2D eigenvalue weighted by atomic mass is 19.1. The summed E-state index contributed by atoms with van der Waals surface area (Å²) < 4.78 is 18.7. The first kappa shape index (κ1) is 11.2. The Hall–Kier alpha value is -1.29. The van der Waals surface area contributed by atoms with Crippen LogP contribution in [0.25, 0.3) is 0 Å². The molecule has 0 aliphatic carbocycles. The fourth-order valence-corrected chi connectivity index (χ4v) is 2.02. The maximum atomic E-state index is 13.2. The van der Waals surface area contributed by atoms with Crippen molar-refractivity contribution < 1.29 is 9.13 Å². The fraction of sp³-hybridized carbons (Fsp3) is 0.500. The molecule has 2 N–H and O–H groups in total. The molecular weight excluding hydrogens is 207 g/mol. The first-order valence-corrected chi connectivity index (χ1v) is 5.54. The average molecular weight is 224 g/mol. The van der Waals surface area contributed by atoms with Crippen molar-refractivity contribution in [2.24, 2.45) is 0 Å². The lowest BCUT2D eigenvalue weighted by Crippen LogP contribution is -2.28. The van der Waals surface area contributed by atoms with Gasteiger partial charge in [0.05, 0.1) is 6.10 Å². The van der Waals surface area contributed by atoms with Crippen LogP contribution in [0, 0.1) is 5.82 Å². The number of hydrogen-bond donors (Lipinski definition) is 1. The lowest BCUT2D eigenvalue weighted by atomic mass is 10.2. The molecule has 0 amide bonds. The maximum Gasteiger partial charge on any atom is 0.127 e. The highest BCUT2D eigenvalue weighted by Gasteiger charge is 2.17. The molecule has 0 radical (unpaired) electrons. The summed E-state index contributed by atoms with van der Waals surface area (Å²) in [6.45, 7) is 1.62. The minimum Gasteiger partial charge on any atom is -0.399 e. The molecule has 1 heterocycles. The summed E-state index contributed by atoms with van der Waals surface area (Å²) in [6, 6.07) is 4.59. The maximum absolute atomic E-state index is 13.2. The summed E-state index contributed by atoms with van der Waals surface area (Å²) in [5.74, 6) is -0.297. The lowest BCUT2D eigenvalue weighted by molar-refractivity contribution is 0.116. The SMILES string of the molecule is CN(CC1CCCO1)c1cc(N)cc(F)c1. The van der Waals surface area contributed by atoms with Crippen molar-refractivity contribution in [3.8, 4) is 0 Å². The van der Waals surface area contributed by atoms with Crippen molar-refractivity contribution in [1.82, 2.24) is 0 Å². The predicted molar refractivity (Wildman–Crippen MR) is 63.1 cm³/mol. The van der Waals surface area contributed by atoms with E-state index in [4.69, 9.17) is 10.5 Å². The van der Waals surface area contributed by atoms with Gasteiger partial charge in [0.2, 0.25) is 0 Å². The van der Waals surface area contributed by atoms with Crippen LogP contribution in [0.4, 0.5) is 15.8 Å². The zero-order valence-corrected chi connectivity index (χ0v) is 9.45. The largest absolute Gasteiger partial charge is 0.399 e. The second-order valence-electron chi connectivity index (χ2n) is 4.26. The second-order valence-corrected chi connectivity index (χ2v) is 4.26. The van der Waals surface area contributed by atoms with E-state index in [0.717, 1.165) is 31.7 Å². The fourth-order valence-electron chi connectivity index (χ4n) is 2.02. The Labute approximate surface area is 95.0 Å². The second kappa shape index (κ2) is 4.70. The van der Waals surface area contributed by atoms with Gasteiger partial charge in [-0.15, -0.1) is 0 Å². The molecule has 1 aliphatic heterocycles. The third kappa shape index (κ3) is 2.64. The molecule has 0 aromatic heterocycles. The summed E-state index contributed by atoms with van der Waals surface area (Å²) in [7, 11) is 1.93. The minimum atomic E-state index is -0.297. The van der Waals surface area contributed by atoms with Crippen LogP contribution in [0.3, 0.4) is 0 Å². The highest BCUT2D eigenvalue weighted by molar-refractivity contribution is 5.56. The van der Waals surface area contributed by atoms with Crippen LogP contribution in [-0.2, 0) is 4.74 Å². The Kier molecular flexibility index (Phi) is 3.29. The Bertz CT molecular complexity index is 344. The number of rotatable bonds is 3. The van der Waals surface area contributed by atoms with Crippen molar-refractivity contribution >= 4 is 11.4 Å². The summed E-state index contributed by atoms with van der Waals surface area (Å²) in [5, 5.41) is 0. The quantitative estimate of drug-likeness (QED) is 0.798. The van der Waals surface area contributed by atoms with E-state index >= 15 is 0 Å². The molecule has 1 aromatic rings. The van der Waals surface area contributed by atoms with Gasteiger partial charge < -0.3 is 15.4 Å². The van der Waals surface area contributed by atoms with Gasteiger partial charge >= 0.3 is 0 Å². The van der Waals surface area contributed by atoms with Crippen molar-refractivity contribution in [3.05, 3.63) is 24.0 Å². The van der Waals surface area contributed by atoms with E-state index in [0.29, 0.717) is 5.69 Å². The van der Waals surface area contributed by atoms with Gasteiger partial charge in [0, 0.05) is 31.6 Å². The van der Waals surface area contributed by atoms with Crippen LogP contribution < -0.4 is 10.6 Å². The van der Waals surface area contributed by atoms with Crippen LogP contribution in [0.15, 0.2) is 18.2 Å². The number of likely N-dealkylation sites (N-methyl/N-ethyl adjacent to an activating group) is 1. The van der Waals surface area contributed by atoms with Gasteiger partial charge in [0.25, 0.3) is 0 Å². The van der Waals surface area contributed by atoms with E-state index in [1.54, 1.807) is 6.07 Å². The standard InChI is InChI=1S/C12H17FN2O/c1-15(8-12-3-2-4-16-12)11-6-9(13)5-10(14)7-11/h5-7,12H,2-4,8,14H2,1H3. The number of halogens is 1. The number of nitrogen functional groups attached to an aromatic ring is 1. The Morgan fingerprint density at radius 2 is 2.31 bits per heavy atom. The molecule has 0 spiro atoms. The van der Waals surface area contributed by atoms with E-state index in [1.807, 2.05) is 11.9 Å². The number of nitrogens with zero attached hydrogens (tertiary/aromatic N) is 1. The first-order chi connectivity index (χ1) is 7.65. The summed E-state index contributed by atoms with van der Waals surface area (Å²) >= 11 is 0. The van der Waals surface area contributed by atoms with Crippen LogP contribution in [0.1, 0.15) is 12.8 Å². The van der Waals surface area contributed by atoms with Crippen molar-refractivity contribution in [2.75, 3.05) is 30.8 Å². The molecule has 1 fully saturated rings. The van der Waals surface area contributed by atoms with Gasteiger partial charge in [-0.2, -0.15) is 0 Å². The van der Waals surface area contributed by atoms with E-state index in [2.05, 4.69) is 0 Å². The molecule has 0 bridgehead atoms. The van der Waals surface area contributed by atoms with Gasteiger partial charge in [-0.3, -0.25) is 0 Å². The van der Waals surface area contributed by atoms with Crippen LogP contribution in [0.5, 0.6) is 0 Å². The van der Waals surface area contributed by atoms with E-state index in [-0.39, 0.29) is 11.9 Å². The third-order valence-electron chi connectivity index (χ3n) is 2.85. The smallest absolute Gasteiger partial charge is 0.127 e. The molecule has 1 saturated heterocycles. The summed E-state index contributed by atoms with van der Waals surface area (Å²) in [6.07, 6.45) is 2.45. The Morgan fingerprint density at radius 1 is 1.50 bits per heavy atom. The van der Waals surface area contributed by atoms with Crippen molar-refractivity contribution in [1.29, 1.82) is 0 Å². The number of nitrogens with two attached hydrogens (primary N) is 1. The molecule has 1 aromatic carbocycles. The average Bonchev–Trinajstić information content (AvgIpc) is 2.68. The zero-order chi connectivity index (χ0) is 11.5. The summed E-state index contributed by atoms with van der Waals surface area (Å²) in [5.41, 5.74) is 6.86. The topological polar surface area (TPSA) is 38.5 Å². The molecule has 88 valence electrons. The molecule has 1 atom stereocenters. The number of hydrogen-bond acceptors (Lipinski definition) is 3. The van der Waals surface area contributed by atoms with Crippen LogP contribution in [0.2, 0.25) is 0 Å². The molecule has 16 heavy (non-hydrogen) atoms. The van der Waals surface area contributed by atoms with Gasteiger partial charge in [-0.05, 0) is 31.0 Å². The lowest BCUT2D eigenvalue weighted by Gasteiger charge is -2.23. The highest BCUT2D eigenvalue weighted by Crippen LogP contribution is 2.21. The van der Waals surface area contributed by atoms with Gasteiger partial charge in [-0.1, -0.05) is 0 Å². The van der Waals surface area contributed by atoms with E-state index in [1.165, 1.54) is 12.1 Å². The number of benzene rings is 1. The first-order valence-electron chi connectivity index (χ1n) is 5.54. The molecular formula is C12H17FN2O.